The second-order valence-electron chi connectivity index (χ2n) is 8.14. The molecule has 7 nitrogen and oxygen atoms in total. The van der Waals surface area contributed by atoms with Gasteiger partial charge in [0.15, 0.2) is 0 Å². The summed E-state index contributed by atoms with van der Waals surface area (Å²) in [5.41, 5.74) is 11.2. The van der Waals surface area contributed by atoms with E-state index in [1.165, 1.54) is 0 Å². The number of pyridine rings is 1. The monoisotopic (exact) mass is 463 g/mol. The molecular weight excluding hydrogens is 438 g/mol. The first-order valence-corrected chi connectivity index (χ1v) is 11.5. The molecule has 3 heterocycles. The van der Waals surface area contributed by atoms with E-state index in [0.717, 1.165) is 54.1 Å². The zero-order chi connectivity index (χ0) is 23.9. The number of nitrogen functional groups attached to an aromatic ring is 1. The van der Waals surface area contributed by atoms with Crippen LogP contribution in [0.2, 0.25) is 0 Å². The van der Waals surface area contributed by atoms with Gasteiger partial charge in [-0.1, -0.05) is 11.8 Å². The zero-order valence-electron chi connectivity index (χ0n) is 19.1. The van der Waals surface area contributed by atoms with Crippen LogP contribution in [0.15, 0.2) is 79.3 Å². The largest absolute Gasteiger partial charge is 0.488 e. The van der Waals surface area contributed by atoms with Gasteiger partial charge in [-0.15, -0.1) is 0 Å². The average Bonchev–Trinajstić information content (AvgIpc) is 2.91. The predicted molar refractivity (Wildman–Crippen MR) is 136 cm³/mol. The SMILES string of the molecule is Nc1cc(-c2ccnc(Nc3ccc(C#Cc4cccnc4)cc3)n2)ccc1OC1CCOCC1. The molecule has 174 valence electrons. The van der Waals surface area contributed by atoms with E-state index in [4.69, 9.17) is 15.2 Å². The van der Waals surface area contributed by atoms with Crippen LogP contribution < -0.4 is 15.8 Å². The van der Waals surface area contributed by atoms with Crippen LogP contribution >= 0.6 is 0 Å². The molecule has 0 bridgehead atoms. The van der Waals surface area contributed by atoms with Crippen LogP contribution in [0, 0.1) is 11.8 Å². The van der Waals surface area contributed by atoms with Crippen LogP contribution in [0.25, 0.3) is 11.3 Å². The van der Waals surface area contributed by atoms with Gasteiger partial charge in [0.2, 0.25) is 5.95 Å². The summed E-state index contributed by atoms with van der Waals surface area (Å²) in [7, 11) is 0. The summed E-state index contributed by atoms with van der Waals surface area (Å²) in [6.45, 7) is 1.45. The minimum absolute atomic E-state index is 0.138. The van der Waals surface area contributed by atoms with Crippen molar-refractivity contribution in [1.29, 1.82) is 0 Å². The number of benzene rings is 2. The van der Waals surface area contributed by atoms with Gasteiger partial charge in [-0.2, -0.15) is 0 Å². The summed E-state index contributed by atoms with van der Waals surface area (Å²) in [6, 6.07) is 19.2. The Balaban J connectivity index is 1.26. The molecule has 1 aliphatic rings. The van der Waals surface area contributed by atoms with Crippen LogP contribution in [0.5, 0.6) is 5.75 Å². The number of nitrogens with two attached hydrogens (primary N) is 1. The summed E-state index contributed by atoms with van der Waals surface area (Å²) in [5.74, 6) is 7.44. The molecule has 2 aromatic heterocycles. The molecule has 0 spiro atoms. The van der Waals surface area contributed by atoms with Gasteiger partial charge in [-0.05, 0) is 60.7 Å². The van der Waals surface area contributed by atoms with Gasteiger partial charge in [0.1, 0.15) is 11.9 Å². The minimum atomic E-state index is 0.138. The molecule has 3 N–H and O–H groups in total. The van der Waals surface area contributed by atoms with E-state index >= 15 is 0 Å². The topological polar surface area (TPSA) is 95.2 Å². The van der Waals surface area contributed by atoms with Crippen molar-refractivity contribution in [1.82, 2.24) is 15.0 Å². The number of hydrogen-bond donors (Lipinski definition) is 2. The van der Waals surface area contributed by atoms with Gasteiger partial charge < -0.3 is 20.5 Å². The quantitative estimate of drug-likeness (QED) is 0.324. The van der Waals surface area contributed by atoms with E-state index in [0.29, 0.717) is 17.4 Å². The molecule has 0 atom stereocenters. The van der Waals surface area contributed by atoms with Crippen molar-refractivity contribution in [2.45, 2.75) is 18.9 Å². The third-order valence-electron chi connectivity index (χ3n) is 5.58. The molecule has 4 aromatic rings. The van der Waals surface area contributed by atoms with Gasteiger partial charge in [0.25, 0.3) is 0 Å². The summed E-state index contributed by atoms with van der Waals surface area (Å²) < 4.78 is 11.5. The molecule has 0 aliphatic carbocycles. The van der Waals surface area contributed by atoms with E-state index in [1.54, 1.807) is 18.6 Å². The Morgan fingerprint density at radius 1 is 0.943 bits per heavy atom. The fraction of sp³-hybridized carbons (Fsp3) is 0.179. The Morgan fingerprint density at radius 2 is 1.77 bits per heavy atom. The highest BCUT2D eigenvalue weighted by Gasteiger charge is 2.17. The highest BCUT2D eigenvalue weighted by atomic mass is 16.5. The number of rotatable bonds is 5. The molecule has 2 aromatic carbocycles. The molecule has 0 unspecified atom stereocenters. The van der Waals surface area contributed by atoms with E-state index in [1.807, 2.05) is 60.7 Å². The second kappa shape index (κ2) is 10.7. The van der Waals surface area contributed by atoms with Gasteiger partial charge in [-0.3, -0.25) is 4.98 Å². The first-order valence-electron chi connectivity index (χ1n) is 11.5. The maximum Gasteiger partial charge on any atom is 0.227 e. The minimum Gasteiger partial charge on any atom is -0.488 e. The normalized spacial score (nSPS) is 13.5. The number of nitrogens with one attached hydrogen (secondary N) is 1. The summed E-state index contributed by atoms with van der Waals surface area (Å²) in [5, 5.41) is 3.25. The zero-order valence-corrected chi connectivity index (χ0v) is 19.1. The number of ether oxygens (including phenoxy) is 2. The standard InChI is InChI=1S/C28H25N5O2/c29-25-18-22(7-10-27(25)35-24-12-16-34-17-13-24)26-11-15-31-28(33-26)32-23-8-5-20(6-9-23)3-4-21-2-1-14-30-19-21/h1-2,5-11,14-15,18-19,24H,12-13,16-17,29H2,(H,31,32,33). The van der Waals surface area contributed by atoms with Gasteiger partial charge >= 0.3 is 0 Å². The van der Waals surface area contributed by atoms with Crippen molar-refractivity contribution in [2.24, 2.45) is 0 Å². The highest BCUT2D eigenvalue weighted by molar-refractivity contribution is 5.69. The maximum absolute atomic E-state index is 6.28. The van der Waals surface area contributed by atoms with Crippen LogP contribution in [-0.4, -0.2) is 34.3 Å². The molecule has 7 heteroatoms. The number of hydrogen-bond acceptors (Lipinski definition) is 7. The molecule has 0 saturated carbocycles. The van der Waals surface area contributed by atoms with Crippen molar-refractivity contribution in [3.63, 3.8) is 0 Å². The van der Waals surface area contributed by atoms with Gasteiger partial charge in [0, 0.05) is 53.8 Å². The van der Waals surface area contributed by atoms with Crippen molar-refractivity contribution in [3.05, 3.63) is 90.4 Å². The lowest BCUT2D eigenvalue weighted by atomic mass is 10.1. The maximum atomic E-state index is 6.28. The highest BCUT2D eigenvalue weighted by Crippen LogP contribution is 2.30. The number of aromatic nitrogens is 3. The van der Waals surface area contributed by atoms with Gasteiger partial charge in [0.05, 0.1) is 24.6 Å². The van der Waals surface area contributed by atoms with Gasteiger partial charge in [-0.25, -0.2) is 9.97 Å². The molecule has 1 saturated heterocycles. The molecule has 5 rings (SSSR count). The van der Waals surface area contributed by atoms with Crippen molar-refractivity contribution in [2.75, 3.05) is 24.3 Å². The summed E-state index contributed by atoms with van der Waals surface area (Å²) >= 11 is 0. The Bertz CT molecular complexity index is 1340. The van der Waals surface area contributed by atoms with Crippen molar-refractivity contribution < 1.29 is 9.47 Å². The third-order valence-corrected chi connectivity index (χ3v) is 5.58. The Kier molecular flexibility index (Phi) is 6.83. The Labute approximate surface area is 204 Å². The smallest absolute Gasteiger partial charge is 0.227 e. The lowest BCUT2D eigenvalue weighted by Gasteiger charge is -2.24. The molecule has 0 radical (unpaired) electrons. The fourth-order valence-electron chi connectivity index (χ4n) is 3.72. The predicted octanol–water partition coefficient (Wildman–Crippen LogP) is 4.82. The lowest BCUT2D eigenvalue weighted by molar-refractivity contribution is 0.0259. The molecule has 35 heavy (non-hydrogen) atoms. The Morgan fingerprint density at radius 3 is 2.54 bits per heavy atom. The fourth-order valence-corrected chi connectivity index (χ4v) is 3.72. The van der Waals surface area contributed by atoms with E-state index < -0.39 is 0 Å². The summed E-state index contributed by atoms with van der Waals surface area (Å²) in [6.07, 6.45) is 7.09. The third kappa shape index (κ3) is 5.94. The van der Waals surface area contributed by atoms with Crippen LogP contribution in [0.4, 0.5) is 17.3 Å². The lowest BCUT2D eigenvalue weighted by Crippen LogP contribution is -2.26. The first-order chi connectivity index (χ1) is 17.2. The molecule has 1 fully saturated rings. The molecular formula is C28H25N5O2. The van der Waals surface area contributed by atoms with Crippen LogP contribution in [-0.2, 0) is 4.74 Å². The van der Waals surface area contributed by atoms with E-state index in [2.05, 4.69) is 32.1 Å². The molecule has 0 amide bonds. The van der Waals surface area contributed by atoms with E-state index in [-0.39, 0.29) is 6.10 Å². The van der Waals surface area contributed by atoms with Crippen LogP contribution in [0.3, 0.4) is 0 Å². The number of anilines is 3. The number of nitrogens with zero attached hydrogens (tertiary/aromatic N) is 3. The molecule has 1 aliphatic heterocycles. The summed E-state index contributed by atoms with van der Waals surface area (Å²) in [4.78, 5) is 13.1. The van der Waals surface area contributed by atoms with Crippen molar-refractivity contribution in [3.8, 4) is 28.8 Å². The second-order valence-corrected chi connectivity index (χ2v) is 8.14. The average molecular weight is 464 g/mol. The first kappa shape index (κ1) is 22.4. The van der Waals surface area contributed by atoms with Crippen molar-refractivity contribution >= 4 is 17.3 Å². The van der Waals surface area contributed by atoms with E-state index in [9.17, 15) is 0 Å². The Hall–Kier alpha value is -4.41. The van der Waals surface area contributed by atoms with Crippen LogP contribution in [0.1, 0.15) is 24.0 Å².